The normalized spacial score (nSPS) is 12.3. The van der Waals surface area contributed by atoms with Gasteiger partial charge in [0.15, 0.2) is 11.5 Å². The second kappa shape index (κ2) is 5.09. The molecular formula is C13H14N2O4. The third kappa shape index (κ3) is 2.73. The predicted molar refractivity (Wildman–Crippen MR) is 68.8 cm³/mol. The highest BCUT2D eigenvalue weighted by Crippen LogP contribution is 2.20. The Labute approximate surface area is 109 Å². The van der Waals surface area contributed by atoms with Crippen molar-refractivity contribution < 1.29 is 19.1 Å². The van der Waals surface area contributed by atoms with E-state index in [0.717, 1.165) is 0 Å². The van der Waals surface area contributed by atoms with Gasteiger partial charge in [0.05, 0.1) is 0 Å². The monoisotopic (exact) mass is 262 g/mol. The second-order valence-electron chi connectivity index (χ2n) is 4.20. The molecule has 1 unspecified atom stereocenters. The number of anilines is 1. The van der Waals surface area contributed by atoms with Gasteiger partial charge in [-0.3, -0.25) is 9.59 Å². The number of aromatic nitrogens is 1. The van der Waals surface area contributed by atoms with Gasteiger partial charge in [0, 0.05) is 18.7 Å². The van der Waals surface area contributed by atoms with Crippen LogP contribution in [0.5, 0.6) is 0 Å². The molecule has 0 saturated carbocycles. The number of nitrogens with one attached hydrogen (secondary N) is 1. The molecule has 100 valence electrons. The zero-order valence-corrected chi connectivity index (χ0v) is 10.6. The molecule has 0 aliphatic rings. The van der Waals surface area contributed by atoms with Crippen molar-refractivity contribution in [1.29, 1.82) is 0 Å². The summed E-state index contributed by atoms with van der Waals surface area (Å²) in [5.41, 5.74) is 1.74. The minimum absolute atomic E-state index is 0.241. The molecule has 0 bridgehead atoms. The summed E-state index contributed by atoms with van der Waals surface area (Å²) >= 11 is 0. The summed E-state index contributed by atoms with van der Waals surface area (Å²) in [6, 6.07) is 5.00. The van der Waals surface area contributed by atoms with Crippen molar-refractivity contribution in [1.82, 2.24) is 4.98 Å². The van der Waals surface area contributed by atoms with Crippen LogP contribution < -0.4 is 5.32 Å². The number of amides is 1. The first-order valence-electron chi connectivity index (χ1n) is 5.92. The Morgan fingerprint density at radius 1 is 1.47 bits per heavy atom. The maximum atomic E-state index is 11.8. The summed E-state index contributed by atoms with van der Waals surface area (Å²) in [6.07, 6.45) is 0.241. The molecule has 0 radical (unpaired) electrons. The maximum Gasteiger partial charge on any atom is 0.316 e. The molecule has 19 heavy (non-hydrogen) atoms. The Bertz CT molecular complexity index is 633. The number of carbonyl (C=O) groups excluding carboxylic acids is 1. The van der Waals surface area contributed by atoms with Gasteiger partial charge in [-0.25, -0.2) is 4.98 Å². The van der Waals surface area contributed by atoms with E-state index in [-0.39, 0.29) is 6.42 Å². The van der Waals surface area contributed by atoms with Crippen LogP contribution in [0.4, 0.5) is 5.69 Å². The Morgan fingerprint density at radius 2 is 2.21 bits per heavy atom. The van der Waals surface area contributed by atoms with E-state index in [0.29, 0.717) is 22.7 Å². The standard InChI is InChI=1S/C13H14N2O4/c1-3-9(13(17)18)12(16)15-8-4-5-10-11(6-8)19-7(2)14-10/h4-6,9H,3H2,1-2H3,(H,15,16)(H,17,18). The zero-order chi connectivity index (χ0) is 14.0. The molecule has 2 rings (SSSR count). The molecule has 1 atom stereocenters. The van der Waals surface area contributed by atoms with Crippen molar-refractivity contribution in [2.24, 2.45) is 5.92 Å². The molecule has 1 amide bonds. The number of aryl methyl sites for hydroxylation is 1. The minimum atomic E-state index is -1.13. The highest BCUT2D eigenvalue weighted by molar-refractivity contribution is 6.04. The van der Waals surface area contributed by atoms with Crippen LogP contribution in [0.3, 0.4) is 0 Å². The number of carbonyl (C=O) groups is 2. The van der Waals surface area contributed by atoms with E-state index in [1.807, 2.05) is 0 Å². The van der Waals surface area contributed by atoms with Gasteiger partial charge in [-0.05, 0) is 18.6 Å². The van der Waals surface area contributed by atoms with Gasteiger partial charge >= 0.3 is 5.97 Å². The third-order valence-electron chi connectivity index (χ3n) is 2.79. The van der Waals surface area contributed by atoms with Crippen molar-refractivity contribution in [3.63, 3.8) is 0 Å². The van der Waals surface area contributed by atoms with Crippen molar-refractivity contribution in [3.05, 3.63) is 24.1 Å². The summed E-state index contributed by atoms with van der Waals surface area (Å²) in [7, 11) is 0. The fraction of sp³-hybridized carbons (Fsp3) is 0.308. The van der Waals surface area contributed by atoms with Crippen LogP contribution in [0.25, 0.3) is 11.1 Å². The SMILES string of the molecule is CCC(C(=O)O)C(=O)Nc1ccc2nc(C)oc2c1. The molecule has 2 N–H and O–H groups in total. The Kier molecular flexibility index (Phi) is 3.50. The smallest absolute Gasteiger partial charge is 0.316 e. The number of carboxylic acid groups (broad SMARTS) is 1. The average molecular weight is 262 g/mol. The quantitative estimate of drug-likeness (QED) is 0.824. The van der Waals surface area contributed by atoms with E-state index in [1.54, 1.807) is 32.0 Å². The van der Waals surface area contributed by atoms with Crippen molar-refractivity contribution in [3.8, 4) is 0 Å². The molecule has 2 aromatic rings. The molecule has 6 nitrogen and oxygen atoms in total. The topological polar surface area (TPSA) is 92.4 Å². The van der Waals surface area contributed by atoms with Gasteiger partial charge in [0.1, 0.15) is 11.4 Å². The lowest BCUT2D eigenvalue weighted by atomic mass is 10.1. The number of aliphatic carboxylic acids is 1. The highest BCUT2D eigenvalue weighted by atomic mass is 16.4. The van der Waals surface area contributed by atoms with Crippen molar-refractivity contribution in [2.75, 3.05) is 5.32 Å². The first-order chi connectivity index (χ1) is 9.01. The number of carboxylic acids is 1. The number of benzene rings is 1. The molecule has 0 saturated heterocycles. The van der Waals surface area contributed by atoms with Crippen LogP contribution in [0, 0.1) is 12.8 Å². The van der Waals surface area contributed by atoms with Crippen LogP contribution in [0.15, 0.2) is 22.6 Å². The number of hydrogen-bond acceptors (Lipinski definition) is 4. The summed E-state index contributed by atoms with van der Waals surface area (Å²) < 4.78 is 5.35. The Balaban J connectivity index is 2.20. The van der Waals surface area contributed by atoms with Crippen molar-refractivity contribution in [2.45, 2.75) is 20.3 Å². The summed E-state index contributed by atoms with van der Waals surface area (Å²) in [5.74, 6) is -2.18. The Hall–Kier alpha value is -2.37. The van der Waals surface area contributed by atoms with Crippen molar-refractivity contribution >= 4 is 28.7 Å². The molecule has 0 fully saturated rings. The first kappa shape index (κ1) is 13.1. The zero-order valence-electron chi connectivity index (χ0n) is 10.6. The van der Waals surface area contributed by atoms with E-state index < -0.39 is 17.8 Å². The number of hydrogen-bond donors (Lipinski definition) is 2. The predicted octanol–water partition coefficient (Wildman–Crippen LogP) is 2.19. The molecule has 1 aromatic heterocycles. The lowest BCUT2D eigenvalue weighted by Gasteiger charge is -2.10. The summed E-state index contributed by atoms with van der Waals surface area (Å²) in [6.45, 7) is 3.39. The second-order valence-corrected chi connectivity index (χ2v) is 4.20. The van der Waals surface area contributed by atoms with E-state index in [2.05, 4.69) is 10.3 Å². The number of nitrogens with zero attached hydrogens (tertiary/aromatic N) is 1. The third-order valence-corrected chi connectivity index (χ3v) is 2.79. The fourth-order valence-electron chi connectivity index (χ4n) is 1.82. The van der Waals surface area contributed by atoms with E-state index in [4.69, 9.17) is 9.52 Å². The molecule has 0 aliphatic carbocycles. The summed E-state index contributed by atoms with van der Waals surface area (Å²) in [5, 5.41) is 11.5. The van der Waals surface area contributed by atoms with Gasteiger partial charge in [-0.1, -0.05) is 6.92 Å². The highest BCUT2D eigenvalue weighted by Gasteiger charge is 2.24. The molecule has 0 aliphatic heterocycles. The molecule has 6 heteroatoms. The fourth-order valence-corrected chi connectivity index (χ4v) is 1.82. The van der Waals surface area contributed by atoms with Crippen LogP contribution in [-0.2, 0) is 9.59 Å². The van der Waals surface area contributed by atoms with E-state index >= 15 is 0 Å². The van der Waals surface area contributed by atoms with Gasteiger partial charge < -0.3 is 14.8 Å². The maximum absolute atomic E-state index is 11.8. The van der Waals surface area contributed by atoms with E-state index in [1.165, 1.54) is 0 Å². The molecule has 1 aromatic carbocycles. The van der Waals surface area contributed by atoms with Crippen LogP contribution >= 0.6 is 0 Å². The lowest BCUT2D eigenvalue weighted by molar-refractivity contribution is -0.145. The van der Waals surface area contributed by atoms with Gasteiger partial charge in [-0.2, -0.15) is 0 Å². The molecular weight excluding hydrogens is 248 g/mol. The average Bonchev–Trinajstić information content (AvgIpc) is 2.68. The van der Waals surface area contributed by atoms with Gasteiger partial charge in [0.2, 0.25) is 5.91 Å². The number of rotatable bonds is 4. The van der Waals surface area contributed by atoms with Crippen LogP contribution in [0.2, 0.25) is 0 Å². The molecule has 0 spiro atoms. The number of fused-ring (bicyclic) bond motifs is 1. The number of oxazole rings is 1. The van der Waals surface area contributed by atoms with Crippen LogP contribution in [0.1, 0.15) is 19.2 Å². The minimum Gasteiger partial charge on any atom is -0.481 e. The van der Waals surface area contributed by atoms with Crippen LogP contribution in [-0.4, -0.2) is 22.0 Å². The van der Waals surface area contributed by atoms with Gasteiger partial charge in [0.25, 0.3) is 0 Å². The lowest BCUT2D eigenvalue weighted by Crippen LogP contribution is -2.28. The van der Waals surface area contributed by atoms with Gasteiger partial charge in [-0.15, -0.1) is 0 Å². The molecule has 1 heterocycles. The first-order valence-corrected chi connectivity index (χ1v) is 5.92. The largest absolute Gasteiger partial charge is 0.481 e. The summed E-state index contributed by atoms with van der Waals surface area (Å²) in [4.78, 5) is 26.8. The Morgan fingerprint density at radius 3 is 2.84 bits per heavy atom. The van der Waals surface area contributed by atoms with E-state index in [9.17, 15) is 9.59 Å².